The monoisotopic (exact) mass is 447 g/mol. The molecule has 1 aromatic carbocycles. The van der Waals surface area contributed by atoms with Gasteiger partial charge in [-0.25, -0.2) is 18.5 Å². The van der Waals surface area contributed by atoms with Crippen molar-refractivity contribution in [1.82, 2.24) is 4.72 Å². The Morgan fingerprint density at radius 3 is 2.70 bits per heavy atom. The van der Waals surface area contributed by atoms with E-state index in [1.54, 1.807) is 19.2 Å². The lowest BCUT2D eigenvalue weighted by Crippen LogP contribution is -2.34. The molecule has 0 spiro atoms. The number of carbonyl (C=O) groups excluding carboxylic acids is 1. The van der Waals surface area contributed by atoms with Crippen LogP contribution in [0.15, 0.2) is 27.8 Å². The lowest BCUT2D eigenvalue weighted by molar-refractivity contribution is 0.0789. The number of benzene rings is 1. The third kappa shape index (κ3) is 4.26. The number of rotatable bonds is 6. The zero-order valence-corrected chi connectivity index (χ0v) is 19.2. The summed E-state index contributed by atoms with van der Waals surface area (Å²) >= 11 is 1.11. The Morgan fingerprint density at radius 1 is 1.33 bits per heavy atom. The molecule has 1 saturated carbocycles. The Balaban J connectivity index is 1.57. The van der Waals surface area contributed by atoms with Crippen LogP contribution in [0.3, 0.4) is 0 Å². The van der Waals surface area contributed by atoms with E-state index in [0.717, 1.165) is 41.9 Å². The molecular formula is C22H29N3O3S2. The van der Waals surface area contributed by atoms with E-state index in [2.05, 4.69) is 29.1 Å². The molecule has 2 aromatic rings. The van der Waals surface area contributed by atoms with Crippen molar-refractivity contribution in [3.63, 3.8) is 0 Å². The normalized spacial score (nSPS) is 19.1. The molecule has 162 valence electrons. The van der Waals surface area contributed by atoms with Crippen molar-refractivity contribution in [2.45, 2.75) is 68.6 Å². The summed E-state index contributed by atoms with van der Waals surface area (Å²) in [6.07, 6.45) is 5.43. The standard InChI is InChI=1S/C22H29N3O3S2/c1-13(14-7-8-14)17-10-9-15-5-4-6-18(15)20(17)24-21(26)25-30(23,28)19-11-16(12-29-19)22(2,3)27/h9-14,27H,4-8H2,1-3H3,(H3,23,24,25,26,28)/t13-,30-/m0/s1. The number of thiophene rings is 1. The van der Waals surface area contributed by atoms with Crippen molar-refractivity contribution < 1.29 is 14.1 Å². The maximum atomic E-state index is 12.9. The highest BCUT2D eigenvalue weighted by atomic mass is 32.2. The Morgan fingerprint density at radius 2 is 2.07 bits per heavy atom. The SMILES string of the molecule is C[C@H](c1ccc2c(c1NC(=O)N[S@](=N)(=O)c1cc(C(C)(C)O)cs1)CCC2)C1CC1. The van der Waals surface area contributed by atoms with Crippen LogP contribution in [0, 0.1) is 10.7 Å². The van der Waals surface area contributed by atoms with E-state index in [1.807, 2.05) is 0 Å². The van der Waals surface area contributed by atoms with Crippen molar-refractivity contribution in [2.24, 2.45) is 5.92 Å². The molecule has 8 heteroatoms. The van der Waals surface area contributed by atoms with Crippen LogP contribution in [0.25, 0.3) is 0 Å². The molecule has 0 unspecified atom stereocenters. The number of hydrogen-bond donors (Lipinski definition) is 4. The molecule has 0 radical (unpaired) electrons. The van der Waals surface area contributed by atoms with Crippen LogP contribution in [0.2, 0.25) is 0 Å². The highest BCUT2D eigenvalue weighted by Gasteiger charge is 2.32. The van der Waals surface area contributed by atoms with Crippen LogP contribution in [-0.2, 0) is 28.4 Å². The molecule has 2 aliphatic carbocycles. The lowest BCUT2D eigenvalue weighted by atomic mass is 9.91. The minimum Gasteiger partial charge on any atom is -0.386 e. The van der Waals surface area contributed by atoms with Gasteiger partial charge in [-0.2, -0.15) is 0 Å². The number of anilines is 1. The summed E-state index contributed by atoms with van der Waals surface area (Å²) in [6, 6.07) is 5.20. The number of aryl methyl sites for hydroxylation is 1. The Kier molecular flexibility index (Phi) is 5.45. The summed E-state index contributed by atoms with van der Waals surface area (Å²) in [7, 11) is -3.52. The van der Waals surface area contributed by atoms with Gasteiger partial charge < -0.3 is 10.4 Å². The number of amides is 2. The van der Waals surface area contributed by atoms with Gasteiger partial charge in [-0.3, -0.25) is 0 Å². The third-order valence-electron chi connectivity index (χ3n) is 6.17. The molecule has 6 nitrogen and oxygen atoms in total. The molecule has 2 amide bonds. The summed E-state index contributed by atoms with van der Waals surface area (Å²) in [6.45, 7) is 5.46. The maximum Gasteiger partial charge on any atom is 0.331 e. The van der Waals surface area contributed by atoms with Crippen molar-refractivity contribution in [3.05, 3.63) is 45.8 Å². The van der Waals surface area contributed by atoms with Crippen molar-refractivity contribution >= 4 is 33.0 Å². The molecular weight excluding hydrogens is 418 g/mol. The molecule has 0 bridgehead atoms. The Bertz CT molecular complexity index is 1080. The summed E-state index contributed by atoms with van der Waals surface area (Å²) in [5.74, 6) is 1.01. The van der Waals surface area contributed by atoms with Gasteiger partial charge in [0.15, 0.2) is 9.92 Å². The van der Waals surface area contributed by atoms with Gasteiger partial charge in [-0.05, 0) is 91.5 Å². The topological polar surface area (TPSA) is 102 Å². The minimum absolute atomic E-state index is 0.222. The molecule has 0 aliphatic heterocycles. The minimum atomic E-state index is -3.52. The maximum absolute atomic E-state index is 12.9. The molecule has 4 N–H and O–H groups in total. The zero-order chi connectivity index (χ0) is 21.7. The first-order valence-corrected chi connectivity index (χ1v) is 12.8. The van der Waals surface area contributed by atoms with Gasteiger partial charge in [-0.15, -0.1) is 11.3 Å². The van der Waals surface area contributed by atoms with Gasteiger partial charge in [0.2, 0.25) is 0 Å². The highest BCUT2D eigenvalue weighted by Crippen LogP contribution is 2.46. The molecule has 4 rings (SSSR count). The van der Waals surface area contributed by atoms with E-state index in [-0.39, 0.29) is 4.21 Å². The fraction of sp³-hybridized carbons (Fsp3) is 0.500. The fourth-order valence-electron chi connectivity index (χ4n) is 4.17. The predicted octanol–water partition coefficient (Wildman–Crippen LogP) is 5.12. The summed E-state index contributed by atoms with van der Waals surface area (Å²) in [5, 5.41) is 14.7. The average Bonchev–Trinajstić information content (AvgIpc) is 3.16. The first-order chi connectivity index (χ1) is 14.1. The van der Waals surface area contributed by atoms with Gasteiger partial charge in [-0.1, -0.05) is 19.1 Å². The van der Waals surface area contributed by atoms with E-state index in [0.29, 0.717) is 17.4 Å². The average molecular weight is 448 g/mol. The number of aliphatic hydroxyl groups is 1. The second kappa shape index (κ2) is 7.66. The molecule has 1 fully saturated rings. The van der Waals surface area contributed by atoms with Crippen LogP contribution in [0.5, 0.6) is 0 Å². The van der Waals surface area contributed by atoms with E-state index < -0.39 is 21.5 Å². The van der Waals surface area contributed by atoms with E-state index in [4.69, 9.17) is 4.78 Å². The van der Waals surface area contributed by atoms with Gasteiger partial charge >= 0.3 is 6.03 Å². The molecule has 2 atom stereocenters. The Labute approximate surface area is 182 Å². The second-order valence-electron chi connectivity index (χ2n) is 8.97. The summed E-state index contributed by atoms with van der Waals surface area (Å²) in [5.41, 5.74) is 3.88. The van der Waals surface area contributed by atoms with E-state index >= 15 is 0 Å². The predicted molar refractivity (Wildman–Crippen MR) is 120 cm³/mol. The number of nitrogens with one attached hydrogen (secondary N) is 3. The molecule has 0 saturated heterocycles. The lowest BCUT2D eigenvalue weighted by Gasteiger charge is -2.21. The van der Waals surface area contributed by atoms with Crippen molar-refractivity contribution in [2.75, 3.05) is 5.32 Å². The third-order valence-corrected chi connectivity index (χ3v) is 9.05. The van der Waals surface area contributed by atoms with Crippen molar-refractivity contribution in [3.8, 4) is 0 Å². The smallest absolute Gasteiger partial charge is 0.331 e. The highest BCUT2D eigenvalue weighted by molar-refractivity contribution is 7.93. The van der Waals surface area contributed by atoms with Gasteiger partial charge in [0.1, 0.15) is 4.21 Å². The molecule has 1 aromatic heterocycles. The van der Waals surface area contributed by atoms with E-state index in [1.165, 1.54) is 30.0 Å². The number of fused-ring (bicyclic) bond motifs is 1. The van der Waals surface area contributed by atoms with Gasteiger partial charge in [0, 0.05) is 5.69 Å². The zero-order valence-electron chi connectivity index (χ0n) is 17.6. The van der Waals surface area contributed by atoms with Crippen LogP contribution in [-0.4, -0.2) is 15.3 Å². The first kappa shape index (κ1) is 21.3. The first-order valence-electron chi connectivity index (χ1n) is 10.4. The largest absolute Gasteiger partial charge is 0.386 e. The number of hydrogen-bond acceptors (Lipinski definition) is 5. The van der Waals surface area contributed by atoms with Crippen molar-refractivity contribution in [1.29, 1.82) is 4.78 Å². The van der Waals surface area contributed by atoms with Gasteiger partial charge in [0.05, 0.1) is 5.60 Å². The van der Waals surface area contributed by atoms with Crippen LogP contribution in [0.1, 0.15) is 68.2 Å². The molecule has 1 heterocycles. The fourth-order valence-corrected chi connectivity index (χ4v) is 6.48. The number of urea groups is 1. The van der Waals surface area contributed by atoms with Crippen LogP contribution >= 0.6 is 11.3 Å². The second-order valence-corrected chi connectivity index (χ2v) is 11.9. The number of carbonyl (C=O) groups is 1. The van der Waals surface area contributed by atoms with Gasteiger partial charge in [0.25, 0.3) is 0 Å². The van der Waals surface area contributed by atoms with Crippen LogP contribution < -0.4 is 10.0 Å². The quantitative estimate of drug-likeness (QED) is 0.494. The summed E-state index contributed by atoms with van der Waals surface area (Å²) < 4.78 is 23.7. The molecule has 30 heavy (non-hydrogen) atoms. The Hall–Kier alpha value is -1.90. The van der Waals surface area contributed by atoms with E-state index in [9.17, 15) is 14.1 Å². The summed E-state index contributed by atoms with van der Waals surface area (Å²) in [4.78, 5) is 12.8. The van der Waals surface area contributed by atoms with Crippen LogP contribution in [0.4, 0.5) is 10.5 Å². The molecule has 2 aliphatic rings.